The van der Waals surface area contributed by atoms with Crippen molar-refractivity contribution in [3.63, 3.8) is 0 Å². The molecule has 256 valence electrons. The molecule has 0 bridgehead atoms. The Morgan fingerprint density at radius 1 is 0.918 bits per heavy atom. The van der Waals surface area contributed by atoms with Crippen molar-refractivity contribution in [2.75, 3.05) is 45.1 Å². The number of ketones is 1. The summed E-state index contributed by atoms with van der Waals surface area (Å²) in [5, 5.41) is 9.95. The number of halogens is 1. The number of hydrogen-bond donors (Lipinski definition) is 3. The van der Waals surface area contributed by atoms with Gasteiger partial charge in [-0.25, -0.2) is 5.10 Å². The van der Waals surface area contributed by atoms with Crippen molar-refractivity contribution < 1.29 is 14.4 Å². The molecule has 2 amide bonds. The molecule has 0 spiro atoms. The summed E-state index contributed by atoms with van der Waals surface area (Å²) in [7, 11) is 2.07. The smallest absolute Gasteiger partial charge is 0.253 e. The van der Waals surface area contributed by atoms with Crippen LogP contribution in [0.1, 0.15) is 48.0 Å². The second-order valence-electron chi connectivity index (χ2n) is 13.4. The number of H-pyrrole nitrogens is 1. The van der Waals surface area contributed by atoms with Crippen LogP contribution >= 0.6 is 11.6 Å². The van der Waals surface area contributed by atoms with Crippen molar-refractivity contribution in [1.29, 1.82) is 0 Å². The number of nitrogens with one attached hydrogen (secondary N) is 2. The van der Waals surface area contributed by atoms with Gasteiger partial charge in [-0.05, 0) is 116 Å². The third-order valence-corrected chi connectivity index (χ3v) is 10.1. The summed E-state index contributed by atoms with van der Waals surface area (Å²) in [6.45, 7) is 3.81. The van der Waals surface area contributed by atoms with E-state index in [2.05, 4.69) is 38.5 Å². The molecule has 11 heteroatoms. The number of benzene rings is 3. The van der Waals surface area contributed by atoms with Crippen molar-refractivity contribution in [2.24, 2.45) is 23.5 Å². The second kappa shape index (κ2) is 15.9. The average Bonchev–Trinajstić information content (AvgIpc) is 3.58. The predicted molar refractivity (Wildman–Crippen MR) is 192 cm³/mol. The highest BCUT2D eigenvalue weighted by atomic mass is 35.5. The van der Waals surface area contributed by atoms with E-state index >= 15 is 0 Å². The number of piperazine rings is 1. The van der Waals surface area contributed by atoms with E-state index < -0.39 is 5.92 Å². The second-order valence-corrected chi connectivity index (χ2v) is 13.8. The third-order valence-electron chi connectivity index (χ3n) is 9.96. The van der Waals surface area contributed by atoms with E-state index in [1.54, 1.807) is 12.1 Å². The van der Waals surface area contributed by atoms with E-state index in [4.69, 9.17) is 17.3 Å². The van der Waals surface area contributed by atoms with Crippen molar-refractivity contribution >= 4 is 34.9 Å². The number of rotatable bonds is 11. The van der Waals surface area contributed by atoms with Gasteiger partial charge in [-0.1, -0.05) is 36.4 Å². The number of nitrogens with two attached hydrogens (primary N) is 1. The molecule has 2 heterocycles. The number of anilines is 1. The predicted octanol–water partition coefficient (Wildman–Crippen LogP) is 5.70. The molecule has 2 aliphatic rings. The fourth-order valence-corrected chi connectivity index (χ4v) is 7.01. The van der Waals surface area contributed by atoms with Gasteiger partial charge in [0.2, 0.25) is 11.2 Å². The van der Waals surface area contributed by atoms with Gasteiger partial charge in [-0.2, -0.15) is 10.1 Å². The van der Waals surface area contributed by atoms with Gasteiger partial charge in [0.05, 0.1) is 0 Å². The SMILES string of the molecule is CN1CCN(C(=O)c2cccc(-c3cccc(C[C@H](CC(=O)C4CCC(CN)CC4)C(=O)Nc4ccc(-c5n[nH]c(Cl)n5)cc4)c3)c2)CC1. The van der Waals surface area contributed by atoms with Crippen LogP contribution in [0.5, 0.6) is 0 Å². The minimum Gasteiger partial charge on any atom is -0.336 e. The largest absolute Gasteiger partial charge is 0.336 e. The van der Waals surface area contributed by atoms with Gasteiger partial charge < -0.3 is 20.9 Å². The maximum Gasteiger partial charge on any atom is 0.253 e. The van der Waals surface area contributed by atoms with Crippen LogP contribution < -0.4 is 11.1 Å². The maximum atomic E-state index is 13.9. The molecule has 1 saturated carbocycles. The fourth-order valence-electron chi connectivity index (χ4n) is 6.89. The summed E-state index contributed by atoms with van der Waals surface area (Å²) in [5.74, 6) is 0.298. The number of carbonyl (C=O) groups excluding carboxylic acids is 3. The Bertz CT molecular complexity index is 1760. The summed E-state index contributed by atoms with van der Waals surface area (Å²) in [6.07, 6.45) is 4.10. The summed E-state index contributed by atoms with van der Waals surface area (Å²) in [5.41, 5.74) is 10.8. The Hall–Kier alpha value is -4.38. The first kappa shape index (κ1) is 34.5. The Morgan fingerprint density at radius 3 is 2.29 bits per heavy atom. The lowest BCUT2D eigenvalue weighted by molar-refractivity contribution is -0.129. The summed E-state index contributed by atoms with van der Waals surface area (Å²) in [6, 6.07) is 23.0. The van der Waals surface area contributed by atoms with Crippen molar-refractivity contribution in [1.82, 2.24) is 25.0 Å². The van der Waals surface area contributed by atoms with Crippen LogP contribution in [0.3, 0.4) is 0 Å². The van der Waals surface area contributed by atoms with Gasteiger partial charge in [-0.3, -0.25) is 14.4 Å². The molecule has 49 heavy (non-hydrogen) atoms. The Kier molecular flexibility index (Phi) is 11.2. The van der Waals surface area contributed by atoms with Crippen LogP contribution in [0, 0.1) is 17.8 Å². The first-order valence-corrected chi connectivity index (χ1v) is 17.5. The first-order valence-electron chi connectivity index (χ1n) is 17.1. The highest BCUT2D eigenvalue weighted by molar-refractivity contribution is 6.28. The summed E-state index contributed by atoms with van der Waals surface area (Å²) in [4.78, 5) is 49.1. The minimum absolute atomic E-state index is 0.0410. The lowest BCUT2D eigenvalue weighted by Crippen LogP contribution is -2.47. The molecule has 1 aromatic heterocycles. The number of amides is 2. The zero-order valence-corrected chi connectivity index (χ0v) is 28.7. The number of carbonyl (C=O) groups is 3. The van der Waals surface area contributed by atoms with Gasteiger partial charge in [0.15, 0.2) is 5.82 Å². The van der Waals surface area contributed by atoms with Gasteiger partial charge >= 0.3 is 0 Å². The Labute approximate surface area is 292 Å². The van der Waals surface area contributed by atoms with E-state index in [0.717, 1.165) is 61.0 Å². The van der Waals surface area contributed by atoms with Crippen molar-refractivity contribution in [3.05, 3.63) is 89.2 Å². The molecule has 1 saturated heterocycles. The van der Waals surface area contributed by atoms with Crippen molar-refractivity contribution in [2.45, 2.75) is 38.5 Å². The van der Waals surface area contributed by atoms with E-state index in [1.165, 1.54) is 0 Å². The molecule has 2 fully saturated rings. The van der Waals surface area contributed by atoms with Gasteiger partial charge in [0, 0.05) is 61.2 Å². The zero-order chi connectivity index (χ0) is 34.3. The van der Waals surface area contributed by atoms with Gasteiger partial charge in [0.1, 0.15) is 5.78 Å². The highest BCUT2D eigenvalue weighted by Gasteiger charge is 2.30. The molecule has 4 aromatic rings. The molecule has 6 rings (SSSR count). The molecule has 3 aromatic carbocycles. The molecule has 0 unspecified atom stereocenters. The lowest BCUT2D eigenvalue weighted by Gasteiger charge is -2.32. The van der Waals surface area contributed by atoms with Gasteiger partial charge in [-0.15, -0.1) is 0 Å². The van der Waals surface area contributed by atoms with Crippen LogP contribution in [0.2, 0.25) is 5.28 Å². The van der Waals surface area contributed by atoms with Gasteiger partial charge in [0.25, 0.3) is 5.91 Å². The topological polar surface area (TPSA) is 137 Å². The average molecular weight is 682 g/mol. The molecule has 1 aliphatic heterocycles. The van der Waals surface area contributed by atoms with E-state index in [-0.39, 0.29) is 35.2 Å². The van der Waals surface area contributed by atoms with E-state index in [9.17, 15) is 14.4 Å². The number of Topliss-reactive ketones (excluding diaryl/α,β-unsaturated/α-hetero) is 1. The van der Waals surface area contributed by atoms with Crippen LogP contribution in [-0.4, -0.2) is 82.4 Å². The number of aromatic amines is 1. The van der Waals surface area contributed by atoms with Crippen molar-refractivity contribution in [3.8, 4) is 22.5 Å². The molecule has 10 nitrogen and oxygen atoms in total. The minimum atomic E-state index is -0.563. The number of aromatic nitrogens is 3. The highest BCUT2D eigenvalue weighted by Crippen LogP contribution is 2.32. The molecule has 1 atom stereocenters. The fraction of sp³-hybridized carbons (Fsp3) is 0.395. The Balaban J connectivity index is 1.19. The van der Waals surface area contributed by atoms with Crippen LogP contribution in [0.4, 0.5) is 5.69 Å². The number of likely N-dealkylation sites (N-methyl/N-ethyl adjacent to an activating group) is 1. The summed E-state index contributed by atoms with van der Waals surface area (Å²) >= 11 is 5.89. The lowest BCUT2D eigenvalue weighted by atomic mass is 9.77. The van der Waals surface area contributed by atoms with Crippen LogP contribution in [0.25, 0.3) is 22.5 Å². The van der Waals surface area contributed by atoms with Crippen LogP contribution in [0.15, 0.2) is 72.8 Å². The Morgan fingerprint density at radius 2 is 1.61 bits per heavy atom. The standard InChI is InChI=1S/C38H44ClN7O3/c1-45-16-18-46(19-17-45)37(49)31-7-3-6-30(22-31)29-5-2-4-26(20-29)21-32(23-34(47)27-10-8-25(24-40)9-11-27)36(48)41-33-14-12-28(13-15-33)35-42-38(39)44-43-35/h2-7,12-15,20,22,25,27,32H,8-11,16-19,21,23-24,40H2,1H3,(H,41,48)(H,42,43,44)/t25?,27?,32-/m1/s1. The maximum absolute atomic E-state index is 13.9. The summed E-state index contributed by atoms with van der Waals surface area (Å²) < 4.78 is 0. The molecule has 0 radical (unpaired) electrons. The number of nitrogens with zero attached hydrogens (tertiary/aromatic N) is 4. The first-order chi connectivity index (χ1) is 23.7. The molecular formula is C38H44ClN7O3. The number of hydrogen-bond acceptors (Lipinski definition) is 7. The quantitative estimate of drug-likeness (QED) is 0.185. The molecule has 1 aliphatic carbocycles. The zero-order valence-electron chi connectivity index (χ0n) is 27.9. The van der Waals surface area contributed by atoms with E-state index in [0.29, 0.717) is 49.0 Å². The monoisotopic (exact) mass is 681 g/mol. The molecular weight excluding hydrogens is 638 g/mol. The van der Waals surface area contributed by atoms with E-state index in [1.807, 2.05) is 59.5 Å². The van der Waals surface area contributed by atoms with Crippen LogP contribution in [-0.2, 0) is 16.0 Å². The third kappa shape index (κ3) is 8.81. The molecule has 4 N–H and O–H groups in total. The normalized spacial score (nSPS) is 19.0.